The Balaban J connectivity index is 2.51. The van der Waals surface area contributed by atoms with E-state index in [-0.39, 0.29) is 5.56 Å². The smallest absolute Gasteiger partial charge is 0.309 e. The van der Waals surface area contributed by atoms with Gasteiger partial charge < -0.3 is 5.32 Å². The minimum atomic E-state index is -4.38. The Morgan fingerprint density at radius 1 is 1.11 bits per heavy atom. The average molecular weight is 267 g/mol. The minimum absolute atomic E-state index is 0.172. The molecule has 0 aliphatic rings. The number of nitrogens with one attached hydrogen (secondary N) is 1. The number of rotatable bonds is 3. The molecule has 0 fully saturated rings. The van der Waals surface area contributed by atoms with Crippen molar-refractivity contribution in [3.63, 3.8) is 0 Å². The van der Waals surface area contributed by atoms with Gasteiger partial charge in [-0.05, 0) is 30.3 Å². The highest BCUT2D eigenvalue weighted by Crippen LogP contribution is 2.36. The summed E-state index contributed by atoms with van der Waals surface area (Å²) in [5.41, 5.74) is 0.158. The predicted molar refractivity (Wildman–Crippen MR) is 64.4 cm³/mol. The van der Waals surface area contributed by atoms with Gasteiger partial charge in [-0.25, -0.2) is 0 Å². The molecule has 100 valence electrons. The zero-order chi connectivity index (χ0) is 13.9. The van der Waals surface area contributed by atoms with E-state index in [0.29, 0.717) is 5.56 Å². The summed E-state index contributed by atoms with van der Waals surface area (Å²) in [4.78, 5) is 0. The van der Waals surface area contributed by atoms with Crippen LogP contribution in [0.1, 0.15) is 22.7 Å². The Bertz CT molecular complexity index is 540. The molecular formula is C13H12F3N3. The molecule has 0 radical (unpaired) electrons. The van der Waals surface area contributed by atoms with Crippen molar-refractivity contribution in [1.82, 2.24) is 15.5 Å². The zero-order valence-electron chi connectivity index (χ0n) is 10.1. The molecule has 1 aromatic heterocycles. The summed E-state index contributed by atoms with van der Waals surface area (Å²) in [6, 6.07) is 6.57. The summed E-state index contributed by atoms with van der Waals surface area (Å²) in [7, 11) is 1.61. The van der Waals surface area contributed by atoms with Crippen LogP contribution in [-0.4, -0.2) is 17.2 Å². The van der Waals surface area contributed by atoms with Crippen LogP contribution >= 0.6 is 0 Å². The van der Waals surface area contributed by atoms with Crippen molar-refractivity contribution >= 4 is 0 Å². The fourth-order valence-electron chi connectivity index (χ4n) is 1.98. The van der Waals surface area contributed by atoms with E-state index in [1.807, 2.05) is 0 Å². The number of nitrogens with zero attached hydrogens (tertiary/aromatic N) is 2. The van der Waals surface area contributed by atoms with Gasteiger partial charge in [0.15, 0.2) is 0 Å². The van der Waals surface area contributed by atoms with Crippen LogP contribution < -0.4 is 5.32 Å². The van der Waals surface area contributed by atoms with Crippen LogP contribution in [0.25, 0.3) is 0 Å². The van der Waals surface area contributed by atoms with Crippen LogP contribution in [0, 0.1) is 0 Å². The van der Waals surface area contributed by atoms with Gasteiger partial charge in [0.2, 0.25) is 0 Å². The first-order valence-corrected chi connectivity index (χ1v) is 5.64. The highest BCUT2D eigenvalue weighted by molar-refractivity contribution is 5.37. The molecule has 19 heavy (non-hydrogen) atoms. The predicted octanol–water partition coefficient (Wildman–Crippen LogP) is 2.80. The van der Waals surface area contributed by atoms with E-state index in [1.54, 1.807) is 19.2 Å². The van der Waals surface area contributed by atoms with Crippen LogP contribution in [0.4, 0.5) is 13.2 Å². The summed E-state index contributed by atoms with van der Waals surface area (Å²) >= 11 is 0. The van der Waals surface area contributed by atoms with Crippen LogP contribution in [0.15, 0.2) is 42.7 Å². The lowest BCUT2D eigenvalue weighted by Gasteiger charge is -2.21. The van der Waals surface area contributed by atoms with Gasteiger partial charge in [0, 0.05) is 6.20 Å². The van der Waals surface area contributed by atoms with E-state index in [9.17, 15) is 13.2 Å². The molecule has 1 heterocycles. The van der Waals surface area contributed by atoms with E-state index in [1.165, 1.54) is 24.5 Å². The molecule has 1 aromatic carbocycles. The SMILES string of the molecule is CNC(c1ccnnc1)c1ccccc1C(F)(F)F. The molecule has 0 spiro atoms. The van der Waals surface area contributed by atoms with Crippen molar-refractivity contribution in [2.24, 2.45) is 0 Å². The average Bonchev–Trinajstić information content (AvgIpc) is 2.40. The normalized spacial score (nSPS) is 13.3. The van der Waals surface area contributed by atoms with Crippen LogP contribution in [0.3, 0.4) is 0 Å². The molecule has 0 amide bonds. The highest BCUT2D eigenvalue weighted by Gasteiger charge is 2.35. The van der Waals surface area contributed by atoms with Gasteiger partial charge in [0.25, 0.3) is 0 Å². The lowest BCUT2D eigenvalue weighted by Crippen LogP contribution is -2.22. The summed E-state index contributed by atoms with van der Waals surface area (Å²) in [6.45, 7) is 0. The monoisotopic (exact) mass is 267 g/mol. The first-order valence-electron chi connectivity index (χ1n) is 5.64. The zero-order valence-corrected chi connectivity index (χ0v) is 10.1. The van der Waals surface area contributed by atoms with Crippen molar-refractivity contribution in [3.8, 4) is 0 Å². The minimum Gasteiger partial charge on any atom is -0.309 e. The Morgan fingerprint density at radius 2 is 1.84 bits per heavy atom. The molecule has 2 aromatic rings. The third-order valence-corrected chi connectivity index (χ3v) is 2.81. The fraction of sp³-hybridized carbons (Fsp3) is 0.231. The van der Waals surface area contributed by atoms with E-state index >= 15 is 0 Å². The van der Waals surface area contributed by atoms with Gasteiger partial charge >= 0.3 is 6.18 Å². The summed E-state index contributed by atoms with van der Waals surface area (Å²) in [6.07, 6.45) is -1.48. The molecule has 1 N–H and O–H groups in total. The summed E-state index contributed by atoms with van der Waals surface area (Å²) in [5.74, 6) is 0. The lowest BCUT2D eigenvalue weighted by molar-refractivity contribution is -0.138. The summed E-state index contributed by atoms with van der Waals surface area (Å²) < 4.78 is 39.0. The standard InChI is InChI=1S/C13H12F3N3/c1-17-12(9-6-7-18-19-8-9)10-4-2-3-5-11(10)13(14,15)16/h2-8,12,17H,1H3. The van der Waals surface area contributed by atoms with E-state index < -0.39 is 17.8 Å². The molecular weight excluding hydrogens is 255 g/mol. The molecule has 0 bridgehead atoms. The largest absolute Gasteiger partial charge is 0.416 e. The second-order valence-corrected chi connectivity index (χ2v) is 3.98. The second kappa shape index (κ2) is 5.36. The van der Waals surface area contributed by atoms with Gasteiger partial charge in [-0.2, -0.15) is 23.4 Å². The number of hydrogen-bond acceptors (Lipinski definition) is 3. The first kappa shape index (κ1) is 13.5. The maximum atomic E-state index is 13.0. The maximum Gasteiger partial charge on any atom is 0.416 e. The third-order valence-electron chi connectivity index (χ3n) is 2.81. The lowest BCUT2D eigenvalue weighted by atomic mass is 9.95. The molecule has 6 heteroatoms. The van der Waals surface area contributed by atoms with Gasteiger partial charge in [-0.3, -0.25) is 0 Å². The molecule has 0 aliphatic heterocycles. The molecule has 1 unspecified atom stereocenters. The Morgan fingerprint density at radius 3 is 2.42 bits per heavy atom. The number of alkyl halides is 3. The molecule has 2 rings (SSSR count). The Kier molecular flexibility index (Phi) is 3.80. The van der Waals surface area contributed by atoms with Gasteiger partial charge in [0.1, 0.15) is 0 Å². The van der Waals surface area contributed by atoms with Gasteiger partial charge in [0.05, 0.1) is 17.8 Å². The van der Waals surface area contributed by atoms with Crippen LogP contribution in [0.5, 0.6) is 0 Å². The number of benzene rings is 1. The van der Waals surface area contributed by atoms with Crippen LogP contribution in [0.2, 0.25) is 0 Å². The van der Waals surface area contributed by atoms with E-state index in [4.69, 9.17) is 0 Å². The Labute approximate surface area is 108 Å². The quantitative estimate of drug-likeness (QED) is 0.929. The van der Waals surface area contributed by atoms with E-state index in [0.717, 1.165) is 6.07 Å². The fourth-order valence-corrected chi connectivity index (χ4v) is 1.98. The van der Waals surface area contributed by atoms with Gasteiger partial charge in [-0.15, -0.1) is 0 Å². The molecule has 0 aliphatic carbocycles. The second-order valence-electron chi connectivity index (χ2n) is 3.98. The van der Waals surface area contributed by atoms with Crippen molar-refractivity contribution in [1.29, 1.82) is 0 Å². The number of halogens is 3. The number of hydrogen-bond donors (Lipinski definition) is 1. The highest BCUT2D eigenvalue weighted by atomic mass is 19.4. The topological polar surface area (TPSA) is 37.8 Å². The summed E-state index contributed by atoms with van der Waals surface area (Å²) in [5, 5.41) is 10.2. The van der Waals surface area contributed by atoms with Crippen molar-refractivity contribution in [3.05, 3.63) is 59.4 Å². The van der Waals surface area contributed by atoms with E-state index in [2.05, 4.69) is 15.5 Å². The number of aromatic nitrogens is 2. The van der Waals surface area contributed by atoms with Crippen molar-refractivity contribution < 1.29 is 13.2 Å². The first-order chi connectivity index (χ1) is 9.04. The third kappa shape index (κ3) is 2.90. The molecule has 0 saturated carbocycles. The van der Waals surface area contributed by atoms with Crippen molar-refractivity contribution in [2.45, 2.75) is 12.2 Å². The van der Waals surface area contributed by atoms with Crippen LogP contribution in [-0.2, 0) is 6.18 Å². The van der Waals surface area contributed by atoms with Gasteiger partial charge in [-0.1, -0.05) is 18.2 Å². The Hall–Kier alpha value is -1.95. The molecule has 3 nitrogen and oxygen atoms in total. The maximum absolute atomic E-state index is 13.0. The van der Waals surface area contributed by atoms with Crippen molar-refractivity contribution in [2.75, 3.05) is 7.05 Å². The molecule has 0 saturated heterocycles. The molecule has 1 atom stereocenters.